The van der Waals surface area contributed by atoms with Crippen molar-refractivity contribution in [2.24, 2.45) is 5.73 Å². The number of nitrogens with two attached hydrogens (primary N) is 1. The van der Waals surface area contributed by atoms with Gasteiger partial charge >= 0.3 is 0 Å². The van der Waals surface area contributed by atoms with Crippen LogP contribution in [0, 0.1) is 0 Å². The van der Waals surface area contributed by atoms with Gasteiger partial charge in [0.25, 0.3) is 0 Å². The molecule has 118 valence electrons. The predicted molar refractivity (Wildman–Crippen MR) is 87.9 cm³/mol. The lowest BCUT2D eigenvalue weighted by molar-refractivity contribution is -0.122. The van der Waals surface area contributed by atoms with Gasteiger partial charge in [-0.1, -0.05) is 50.1 Å². The van der Waals surface area contributed by atoms with Gasteiger partial charge in [-0.2, -0.15) is 0 Å². The molecule has 0 spiro atoms. The molecule has 3 N–H and O–H groups in total. The van der Waals surface area contributed by atoms with Crippen molar-refractivity contribution < 1.29 is 4.79 Å². The molecular formula is C17H29N3O. The maximum Gasteiger partial charge on any atom is 0.236 e. The standard InChI is InChI=1S/C17H29N3O/c1-3-4-11-16(18)17(21)19-12-8-13-20(2)14-15-9-6-5-7-10-15/h5-7,9-10,16H,3-4,8,11-14,18H2,1-2H3,(H,19,21)/t16-/m0/s1. The highest BCUT2D eigenvalue weighted by Crippen LogP contribution is 2.02. The molecule has 1 atom stereocenters. The molecule has 1 rings (SSSR count). The lowest BCUT2D eigenvalue weighted by Gasteiger charge is -2.17. The van der Waals surface area contributed by atoms with Crippen molar-refractivity contribution in [3.63, 3.8) is 0 Å². The summed E-state index contributed by atoms with van der Waals surface area (Å²) in [6.07, 6.45) is 3.80. The molecule has 0 unspecified atom stereocenters. The molecular weight excluding hydrogens is 262 g/mol. The summed E-state index contributed by atoms with van der Waals surface area (Å²) in [6.45, 7) is 4.69. The van der Waals surface area contributed by atoms with E-state index >= 15 is 0 Å². The Kier molecular flexibility index (Phi) is 8.71. The van der Waals surface area contributed by atoms with Gasteiger partial charge < -0.3 is 16.0 Å². The Morgan fingerprint density at radius 3 is 2.67 bits per heavy atom. The average Bonchev–Trinajstić information content (AvgIpc) is 2.49. The van der Waals surface area contributed by atoms with Gasteiger partial charge in [0.15, 0.2) is 0 Å². The van der Waals surface area contributed by atoms with Gasteiger partial charge in [-0.25, -0.2) is 0 Å². The SMILES string of the molecule is CCCC[C@H](N)C(=O)NCCCN(C)Cc1ccccc1. The van der Waals surface area contributed by atoms with E-state index in [0.29, 0.717) is 6.54 Å². The summed E-state index contributed by atoms with van der Waals surface area (Å²) in [6, 6.07) is 10.0. The van der Waals surface area contributed by atoms with Gasteiger partial charge in [0.2, 0.25) is 5.91 Å². The predicted octanol–water partition coefficient (Wildman–Crippen LogP) is 2.14. The van der Waals surface area contributed by atoms with Gasteiger partial charge in [0.1, 0.15) is 0 Å². The Labute approximate surface area is 128 Å². The van der Waals surface area contributed by atoms with Crippen molar-refractivity contribution in [1.29, 1.82) is 0 Å². The number of carbonyl (C=O) groups is 1. The number of rotatable bonds is 10. The Morgan fingerprint density at radius 2 is 2.00 bits per heavy atom. The van der Waals surface area contributed by atoms with Gasteiger partial charge in [-0.3, -0.25) is 4.79 Å². The topological polar surface area (TPSA) is 58.4 Å². The number of hydrogen-bond donors (Lipinski definition) is 2. The summed E-state index contributed by atoms with van der Waals surface area (Å²) < 4.78 is 0. The third kappa shape index (κ3) is 7.83. The molecule has 4 heteroatoms. The van der Waals surface area contributed by atoms with Crippen LogP contribution in [0.5, 0.6) is 0 Å². The molecule has 0 aromatic heterocycles. The minimum atomic E-state index is -0.355. The van der Waals surface area contributed by atoms with E-state index in [-0.39, 0.29) is 11.9 Å². The number of nitrogens with zero attached hydrogens (tertiary/aromatic N) is 1. The number of benzene rings is 1. The molecule has 1 aromatic rings. The first-order valence-corrected chi connectivity index (χ1v) is 7.89. The number of hydrogen-bond acceptors (Lipinski definition) is 3. The summed E-state index contributed by atoms with van der Waals surface area (Å²) in [7, 11) is 2.10. The van der Waals surface area contributed by atoms with Crippen molar-refractivity contribution in [2.45, 2.75) is 45.2 Å². The van der Waals surface area contributed by atoms with Crippen LogP contribution >= 0.6 is 0 Å². The van der Waals surface area contributed by atoms with Crippen LogP contribution < -0.4 is 11.1 Å². The first kappa shape index (κ1) is 17.7. The highest BCUT2D eigenvalue weighted by atomic mass is 16.2. The van der Waals surface area contributed by atoms with Crippen molar-refractivity contribution in [1.82, 2.24) is 10.2 Å². The fourth-order valence-corrected chi connectivity index (χ4v) is 2.22. The molecule has 1 aromatic carbocycles. The van der Waals surface area contributed by atoms with Crippen LogP contribution in [0.25, 0.3) is 0 Å². The third-order valence-electron chi connectivity index (χ3n) is 3.52. The molecule has 0 radical (unpaired) electrons. The van der Waals surface area contributed by atoms with Gasteiger partial charge in [0.05, 0.1) is 6.04 Å². The van der Waals surface area contributed by atoms with Gasteiger partial charge in [-0.05, 0) is 32.0 Å². The van der Waals surface area contributed by atoms with E-state index in [0.717, 1.165) is 38.8 Å². The first-order valence-electron chi connectivity index (χ1n) is 7.89. The lowest BCUT2D eigenvalue weighted by atomic mass is 10.1. The van der Waals surface area contributed by atoms with Crippen LogP contribution in [-0.4, -0.2) is 37.0 Å². The van der Waals surface area contributed by atoms with E-state index in [1.165, 1.54) is 5.56 Å². The van der Waals surface area contributed by atoms with Crippen LogP contribution in [0.1, 0.15) is 38.2 Å². The Hall–Kier alpha value is -1.39. The summed E-state index contributed by atoms with van der Waals surface area (Å²) in [5.41, 5.74) is 7.14. The highest BCUT2D eigenvalue weighted by Gasteiger charge is 2.11. The van der Waals surface area contributed by atoms with Crippen LogP contribution in [0.3, 0.4) is 0 Å². The fraction of sp³-hybridized carbons (Fsp3) is 0.588. The zero-order valence-electron chi connectivity index (χ0n) is 13.3. The van der Waals surface area contributed by atoms with Crippen molar-refractivity contribution in [2.75, 3.05) is 20.1 Å². The molecule has 0 bridgehead atoms. The normalized spacial score (nSPS) is 12.4. The van der Waals surface area contributed by atoms with Crippen LogP contribution in [0.15, 0.2) is 30.3 Å². The second-order valence-corrected chi connectivity index (χ2v) is 5.62. The fourth-order valence-electron chi connectivity index (χ4n) is 2.22. The van der Waals surface area contributed by atoms with Crippen LogP contribution in [-0.2, 0) is 11.3 Å². The lowest BCUT2D eigenvalue weighted by Crippen LogP contribution is -2.41. The zero-order valence-corrected chi connectivity index (χ0v) is 13.3. The van der Waals surface area contributed by atoms with E-state index in [2.05, 4.69) is 48.5 Å². The first-order chi connectivity index (χ1) is 10.1. The minimum Gasteiger partial charge on any atom is -0.355 e. The molecule has 0 aliphatic heterocycles. The Bertz CT molecular complexity index is 394. The van der Waals surface area contributed by atoms with E-state index in [1.807, 2.05) is 6.07 Å². The van der Waals surface area contributed by atoms with E-state index in [4.69, 9.17) is 5.73 Å². The summed E-state index contributed by atoms with van der Waals surface area (Å²) in [5.74, 6) is -0.0193. The molecule has 0 saturated carbocycles. The molecule has 1 amide bonds. The number of nitrogens with one attached hydrogen (secondary N) is 1. The van der Waals surface area contributed by atoms with E-state index in [1.54, 1.807) is 0 Å². The summed E-state index contributed by atoms with van der Waals surface area (Å²) in [5, 5.41) is 2.92. The molecule has 0 aliphatic rings. The summed E-state index contributed by atoms with van der Waals surface area (Å²) >= 11 is 0. The van der Waals surface area contributed by atoms with E-state index in [9.17, 15) is 4.79 Å². The Morgan fingerprint density at radius 1 is 1.29 bits per heavy atom. The molecule has 0 saturated heterocycles. The monoisotopic (exact) mass is 291 g/mol. The molecule has 21 heavy (non-hydrogen) atoms. The highest BCUT2D eigenvalue weighted by molar-refractivity contribution is 5.81. The minimum absolute atomic E-state index is 0.0193. The molecule has 0 heterocycles. The zero-order chi connectivity index (χ0) is 15.5. The number of carbonyl (C=O) groups excluding carboxylic acids is 1. The second-order valence-electron chi connectivity index (χ2n) is 5.62. The number of amides is 1. The number of unbranched alkanes of at least 4 members (excludes halogenated alkanes) is 1. The quantitative estimate of drug-likeness (QED) is 0.649. The van der Waals surface area contributed by atoms with Crippen molar-refractivity contribution in [3.8, 4) is 0 Å². The largest absolute Gasteiger partial charge is 0.355 e. The molecule has 4 nitrogen and oxygen atoms in total. The second kappa shape index (κ2) is 10.4. The third-order valence-corrected chi connectivity index (χ3v) is 3.52. The molecule has 0 fully saturated rings. The van der Waals surface area contributed by atoms with Crippen LogP contribution in [0.4, 0.5) is 0 Å². The van der Waals surface area contributed by atoms with Gasteiger partial charge in [-0.15, -0.1) is 0 Å². The van der Waals surface area contributed by atoms with Crippen molar-refractivity contribution in [3.05, 3.63) is 35.9 Å². The smallest absolute Gasteiger partial charge is 0.236 e. The average molecular weight is 291 g/mol. The Balaban J connectivity index is 2.11. The maximum atomic E-state index is 11.7. The summed E-state index contributed by atoms with van der Waals surface area (Å²) in [4.78, 5) is 14.0. The van der Waals surface area contributed by atoms with Gasteiger partial charge in [0, 0.05) is 13.1 Å². The molecule has 0 aliphatic carbocycles. The maximum absolute atomic E-state index is 11.7. The van der Waals surface area contributed by atoms with Crippen molar-refractivity contribution >= 4 is 5.91 Å². The van der Waals surface area contributed by atoms with E-state index < -0.39 is 0 Å². The van der Waals surface area contributed by atoms with Crippen LogP contribution in [0.2, 0.25) is 0 Å².